The molecule has 8 nitrogen and oxygen atoms in total. The molecule has 1 saturated heterocycles. The zero-order valence-corrected chi connectivity index (χ0v) is 14.2. The van der Waals surface area contributed by atoms with Gasteiger partial charge in [0.05, 0.1) is 5.56 Å². The van der Waals surface area contributed by atoms with E-state index in [1.807, 2.05) is 0 Å². The van der Waals surface area contributed by atoms with E-state index in [-0.39, 0.29) is 22.8 Å². The number of urea groups is 1. The second-order valence-corrected chi connectivity index (χ2v) is 5.98. The number of esters is 1. The van der Waals surface area contributed by atoms with Crippen molar-refractivity contribution in [3.8, 4) is 11.5 Å². The van der Waals surface area contributed by atoms with Crippen molar-refractivity contribution in [2.24, 2.45) is 0 Å². The lowest BCUT2D eigenvalue weighted by molar-refractivity contribution is -0.130. The van der Waals surface area contributed by atoms with Gasteiger partial charge in [-0.3, -0.25) is 9.59 Å². The third-order valence-corrected chi connectivity index (χ3v) is 4.20. The van der Waals surface area contributed by atoms with Gasteiger partial charge in [0.1, 0.15) is 22.8 Å². The second kappa shape index (κ2) is 6.51. The number of imide groups is 1. The average Bonchev–Trinajstić information content (AvgIpc) is 2.94. The van der Waals surface area contributed by atoms with Crippen molar-refractivity contribution in [1.82, 2.24) is 10.2 Å². The van der Waals surface area contributed by atoms with Gasteiger partial charge in [0, 0.05) is 11.8 Å². The van der Waals surface area contributed by atoms with Gasteiger partial charge in [-0.2, -0.15) is 0 Å². The molecule has 2 aromatic carbocycles. The zero-order valence-electron chi connectivity index (χ0n) is 14.2. The fraction of sp³-hybridized carbons (Fsp3) is 0. The van der Waals surface area contributed by atoms with Crippen LogP contribution < -0.4 is 10.1 Å². The Morgan fingerprint density at radius 3 is 2.46 bits per heavy atom. The molecule has 28 heavy (non-hydrogen) atoms. The van der Waals surface area contributed by atoms with Crippen LogP contribution in [0, 0.1) is 0 Å². The van der Waals surface area contributed by atoms with Gasteiger partial charge < -0.3 is 15.2 Å². The summed E-state index contributed by atoms with van der Waals surface area (Å²) in [7, 11) is 0. The average molecular weight is 376 g/mol. The molecule has 2 aliphatic heterocycles. The highest BCUT2D eigenvalue weighted by Gasteiger charge is 2.37. The Hall–Kier alpha value is -4.20. The molecule has 0 bridgehead atoms. The number of nitrogens with one attached hydrogen (secondary N) is 1. The van der Waals surface area contributed by atoms with Crippen LogP contribution in [0.3, 0.4) is 0 Å². The fourth-order valence-electron chi connectivity index (χ4n) is 2.81. The molecule has 2 aliphatic rings. The van der Waals surface area contributed by atoms with Gasteiger partial charge in [0.15, 0.2) is 0 Å². The Labute approximate surface area is 158 Å². The molecule has 2 aromatic rings. The predicted molar refractivity (Wildman–Crippen MR) is 96.0 cm³/mol. The van der Waals surface area contributed by atoms with Crippen LogP contribution in [0.5, 0.6) is 11.5 Å². The minimum atomic E-state index is -0.956. The Balaban J connectivity index is 1.68. The van der Waals surface area contributed by atoms with Gasteiger partial charge in [0.25, 0.3) is 5.91 Å². The van der Waals surface area contributed by atoms with Crippen LogP contribution in [0.15, 0.2) is 66.0 Å². The summed E-state index contributed by atoms with van der Waals surface area (Å²) >= 11 is 0. The Kier molecular flexibility index (Phi) is 4.00. The number of ketones is 1. The first-order valence-electron chi connectivity index (χ1n) is 8.17. The van der Waals surface area contributed by atoms with E-state index in [1.165, 1.54) is 24.3 Å². The second-order valence-electron chi connectivity index (χ2n) is 5.98. The fourth-order valence-corrected chi connectivity index (χ4v) is 2.81. The quantitative estimate of drug-likeness (QED) is 0.272. The number of fused-ring (bicyclic) bond motifs is 1. The van der Waals surface area contributed by atoms with Crippen molar-refractivity contribution in [2.75, 3.05) is 0 Å². The molecule has 0 spiro atoms. The number of rotatable bonds is 2. The number of hydrogen-bond acceptors (Lipinski definition) is 6. The van der Waals surface area contributed by atoms with Gasteiger partial charge in [-0.25, -0.2) is 14.5 Å². The maximum absolute atomic E-state index is 12.6. The largest absolute Gasteiger partial charge is 0.507 e. The van der Waals surface area contributed by atoms with Gasteiger partial charge in [0.2, 0.25) is 5.78 Å². The van der Waals surface area contributed by atoms with Crippen LogP contribution in [-0.2, 0) is 9.59 Å². The van der Waals surface area contributed by atoms with E-state index in [0.717, 1.165) is 6.20 Å². The molecular weight excluding hydrogens is 364 g/mol. The molecule has 2 N–H and O–H groups in total. The highest BCUT2D eigenvalue weighted by Crippen LogP contribution is 2.28. The summed E-state index contributed by atoms with van der Waals surface area (Å²) in [4.78, 5) is 50.1. The number of benzene rings is 2. The molecule has 0 atom stereocenters. The molecule has 1 fully saturated rings. The number of aromatic hydroxyl groups is 1. The first-order valence-corrected chi connectivity index (χ1v) is 8.17. The van der Waals surface area contributed by atoms with Gasteiger partial charge in [-0.15, -0.1) is 0 Å². The number of phenols is 1. The summed E-state index contributed by atoms with van der Waals surface area (Å²) in [6, 6.07) is 11.6. The lowest BCUT2D eigenvalue weighted by Crippen LogP contribution is -2.31. The highest BCUT2D eigenvalue weighted by molar-refractivity contribution is 6.28. The van der Waals surface area contributed by atoms with Crippen molar-refractivity contribution < 1.29 is 29.0 Å². The predicted octanol–water partition coefficient (Wildman–Crippen LogP) is 1.97. The molecule has 3 amide bonds. The molecule has 2 heterocycles. The van der Waals surface area contributed by atoms with Gasteiger partial charge in [-0.05, 0) is 24.3 Å². The normalized spacial score (nSPS) is 19.1. The first-order chi connectivity index (χ1) is 13.5. The number of phenolic OH excluding ortho intramolecular Hbond substituents is 1. The third kappa shape index (κ3) is 2.82. The lowest BCUT2D eigenvalue weighted by atomic mass is 10.0. The van der Waals surface area contributed by atoms with Crippen LogP contribution in [0.25, 0.3) is 6.08 Å². The summed E-state index contributed by atoms with van der Waals surface area (Å²) in [6.07, 6.45) is 2.16. The summed E-state index contributed by atoms with van der Waals surface area (Å²) in [6.45, 7) is 0. The SMILES string of the molecule is O=C1Oc2ccccc2C(=O)/C1=C\N1C(=O)N/C(=C\c2ccccc2O)C1=O. The Bertz CT molecular complexity index is 1120. The van der Waals surface area contributed by atoms with Crippen LogP contribution >= 0.6 is 0 Å². The number of Topliss-reactive ketones (excluding diaryl/α,β-unsaturated/α-hetero) is 1. The number of carbonyl (C=O) groups is 4. The van der Waals surface area contributed by atoms with E-state index >= 15 is 0 Å². The number of carbonyl (C=O) groups excluding carboxylic acids is 4. The summed E-state index contributed by atoms with van der Waals surface area (Å²) < 4.78 is 5.09. The van der Waals surface area contributed by atoms with Crippen LogP contribution in [0.1, 0.15) is 15.9 Å². The maximum Gasteiger partial charge on any atom is 0.349 e. The molecule has 0 radical (unpaired) electrons. The number of hydrogen-bond donors (Lipinski definition) is 2. The van der Waals surface area contributed by atoms with E-state index in [0.29, 0.717) is 10.5 Å². The standard InChI is InChI=1S/C20H12N2O6/c23-15-7-3-1-5-11(15)9-14-18(25)22(20(27)21-14)10-13-17(24)12-6-2-4-8-16(12)28-19(13)26/h1-10,23H,(H,21,27)/b13-10+,14-9-. The van der Waals surface area contributed by atoms with Crippen LogP contribution in [-0.4, -0.2) is 33.7 Å². The van der Waals surface area contributed by atoms with E-state index in [9.17, 15) is 24.3 Å². The van der Waals surface area contributed by atoms with Crippen molar-refractivity contribution in [3.63, 3.8) is 0 Å². The van der Waals surface area contributed by atoms with Crippen LogP contribution in [0.2, 0.25) is 0 Å². The molecule has 8 heteroatoms. The topological polar surface area (TPSA) is 113 Å². The minimum absolute atomic E-state index is 0.0727. The third-order valence-electron chi connectivity index (χ3n) is 4.20. The zero-order chi connectivity index (χ0) is 19.8. The summed E-state index contributed by atoms with van der Waals surface area (Å²) in [5.41, 5.74) is -0.0699. The van der Waals surface area contributed by atoms with Crippen LogP contribution in [0.4, 0.5) is 4.79 Å². The monoisotopic (exact) mass is 376 g/mol. The minimum Gasteiger partial charge on any atom is -0.507 e. The van der Waals surface area contributed by atoms with E-state index in [4.69, 9.17) is 4.74 Å². The first kappa shape index (κ1) is 17.2. The molecule has 0 unspecified atom stereocenters. The molecule has 0 aliphatic carbocycles. The Morgan fingerprint density at radius 2 is 1.68 bits per heavy atom. The van der Waals surface area contributed by atoms with Crippen molar-refractivity contribution in [3.05, 3.63) is 77.1 Å². The summed E-state index contributed by atoms with van der Waals surface area (Å²) in [5, 5.41) is 12.2. The molecule has 0 saturated carbocycles. The van der Waals surface area contributed by atoms with Gasteiger partial charge in [-0.1, -0.05) is 30.3 Å². The van der Waals surface area contributed by atoms with Crippen molar-refractivity contribution in [1.29, 1.82) is 0 Å². The van der Waals surface area contributed by atoms with Crippen molar-refractivity contribution in [2.45, 2.75) is 0 Å². The highest BCUT2D eigenvalue weighted by atomic mass is 16.5. The van der Waals surface area contributed by atoms with E-state index < -0.39 is 29.3 Å². The number of para-hydroxylation sites is 2. The number of ether oxygens (including phenoxy) is 1. The van der Waals surface area contributed by atoms with Crippen molar-refractivity contribution >= 4 is 29.8 Å². The van der Waals surface area contributed by atoms with E-state index in [1.54, 1.807) is 30.3 Å². The lowest BCUT2D eigenvalue weighted by Gasteiger charge is -2.17. The molecule has 4 rings (SSSR count). The maximum atomic E-state index is 12.6. The van der Waals surface area contributed by atoms with Gasteiger partial charge >= 0.3 is 12.0 Å². The molecule has 138 valence electrons. The summed E-state index contributed by atoms with van der Waals surface area (Å²) in [5.74, 6) is -2.34. The number of amides is 3. The smallest absolute Gasteiger partial charge is 0.349 e. The van der Waals surface area contributed by atoms with E-state index in [2.05, 4.69) is 5.32 Å². The Morgan fingerprint density at radius 1 is 0.964 bits per heavy atom. The molecule has 0 aromatic heterocycles. The number of nitrogens with zero attached hydrogens (tertiary/aromatic N) is 1. The molecular formula is C20H12N2O6.